The summed E-state index contributed by atoms with van der Waals surface area (Å²) in [6, 6.07) is 6.84. The third-order valence-electron chi connectivity index (χ3n) is 1.56. The lowest BCUT2D eigenvalue weighted by Crippen LogP contribution is -1.99. The Kier molecular flexibility index (Phi) is 17.0. The van der Waals surface area contributed by atoms with Crippen LogP contribution < -0.4 is 0 Å². The Morgan fingerprint density at radius 3 is 1.89 bits per heavy atom. The molecule has 5 heteroatoms. The fourth-order valence-electron chi connectivity index (χ4n) is 0.766. The zero-order valence-electron chi connectivity index (χ0n) is 11.0. The first-order valence-corrected chi connectivity index (χ1v) is 8.34. The van der Waals surface area contributed by atoms with Crippen molar-refractivity contribution < 1.29 is 9.53 Å². The summed E-state index contributed by atoms with van der Waals surface area (Å²) >= 11 is 10.6. The second-order valence-electron chi connectivity index (χ2n) is 2.77. The predicted octanol–water partition coefficient (Wildman–Crippen LogP) is 4.95. The molecule has 0 N–H and O–H groups in total. The lowest BCUT2D eigenvalue weighted by atomic mass is 10.2. The summed E-state index contributed by atoms with van der Waals surface area (Å²) in [6.45, 7) is 4.00. The minimum absolute atomic E-state index is 0.321. The molecule has 0 unspecified atom stereocenters. The van der Waals surface area contributed by atoms with E-state index in [1.54, 1.807) is 24.3 Å². The molecule has 0 bridgehead atoms. The van der Waals surface area contributed by atoms with Crippen molar-refractivity contribution in [2.45, 2.75) is 25.2 Å². The van der Waals surface area contributed by atoms with E-state index in [1.807, 2.05) is 13.8 Å². The molecule has 0 aliphatic heterocycles. The zero-order chi connectivity index (χ0) is 14.4. The van der Waals surface area contributed by atoms with Crippen LogP contribution in [-0.2, 0) is 4.74 Å². The van der Waals surface area contributed by atoms with E-state index in [4.69, 9.17) is 0 Å². The normalized spacial score (nSPS) is 8.33. The summed E-state index contributed by atoms with van der Waals surface area (Å²) < 4.78 is 4.51. The van der Waals surface area contributed by atoms with Crippen molar-refractivity contribution in [2.24, 2.45) is 0 Å². The lowest BCUT2D eigenvalue weighted by molar-refractivity contribution is 0.0600. The predicted molar refractivity (Wildman–Crippen MR) is 88.6 cm³/mol. The van der Waals surface area contributed by atoms with E-state index in [0.29, 0.717) is 5.56 Å². The van der Waals surface area contributed by atoms with E-state index in [-0.39, 0.29) is 5.97 Å². The number of carbonyl (C=O) groups excluding carboxylic acids is 1. The van der Waals surface area contributed by atoms with Gasteiger partial charge in [0.05, 0.1) is 12.7 Å². The number of hydrogen-bond donors (Lipinski definition) is 1. The molecular weight excluding hydrogens is 380 g/mol. The Labute approximate surface area is 132 Å². The maximum absolute atomic E-state index is 10.9. The highest BCUT2D eigenvalue weighted by Crippen LogP contribution is 2.08. The maximum Gasteiger partial charge on any atom is 0.337 e. The minimum atomic E-state index is -0.321. The van der Waals surface area contributed by atoms with Crippen molar-refractivity contribution >= 4 is 50.5 Å². The smallest absolute Gasteiger partial charge is 0.337 e. The molecule has 0 radical (unpaired) electrons. The van der Waals surface area contributed by atoms with Gasteiger partial charge in [0.25, 0.3) is 0 Å². The van der Waals surface area contributed by atoms with Crippen LogP contribution in [-0.4, -0.2) is 23.7 Å². The number of rotatable bonds is 3. The van der Waals surface area contributed by atoms with Crippen molar-refractivity contribution in [1.29, 1.82) is 0 Å². The molecule has 1 aromatic rings. The molecule has 0 saturated carbocycles. The molecule has 0 aromatic heterocycles. The molecule has 2 nitrogen and oxygen atoms in total. The molecule has 0 atom stereocenters. The van der Waals surface area contributed by atoms with Crippen LogP contribution in [0.1, 0.15) is 30.6 Å². The standard InChI is InChI=1S/C8H8O2S.C3H6Br2.C2H6/c1-10-8(9)6-2-4-7(11)5-3-6;4-2-1-3-5;1-2/h2-5,11H,1H3;1-3H2;1-2H3. The number of thiol groups is 1. The number of hydrogen-bond acceptors (Lipinski definition) is 3. The monoisotopic (exact) mass is 398 g/mol. The van der Waals surface area contributed by atoms with Crippen LogP contribution in [0.4, 0.5) is 0 Å². The topological polar surface area (TPSA) is 26.3 Å². The van der Waals surface area contributed by atoms with Gasteiger partial charge in [-0.1, -0.05) is 45.7 Å². The number of carbonyl (C=O) groups is 1. The maximum atomic E-state index is 10.9. The summed E-state index contributed by atoms with van der Waals surface area (Å²) in [4.78, 5) is 11.7. The van der Waals surface area contributed by atoms with Crippen molar-refractivity contribution in [3.63, 3.8) is 0 Å². The van der Waals surface area contributed by atoms with Gasteiger partial charge in [0.15, 0.2) is 0 Å². The van der Waals surface area contributed by atoms with Crippen LogP contribution in [0.2, 0.25) is 0 Å². The SMILES string of the molecule is BrCCCBr.CC.COC(=O)c1ccc(S)cc1. The van der Waals surface area contributed by atoms with Crippen LogP contribution in [0.5, 0.6) is 0 Å². The molecule has 0 spiro atoms. The van der Waals surface area contributed by atoms with E-state index in [9.17, 15) is 4.79 Å². The second kappa shape index (κ2) is 15.1. The van der Waals surface area contributed by atoms with Gasteiger partial charge in [-0.2, -0.15) is 0 Å². The number of halogens is 2. The van der Waals surface area contributed by atoms with Crippen LogP contribution in [0.3, 0.4) is 0 Å². The van der Waals surface area contributed by atoms with Crippen molar-refractivity contribution in [3.05, 3.63) is 29.8 Å². The highest BCUT2D eigenvalue weighted by molar-refractivity contribution is 9.09. The molecule has 0 amide bonds. The van der Waals surface area contributed by atoms with Crippen LogP contribution >= 0.6 is 44.5 Å². The van der Waals surface area contributed by atoms with E-state index >= 15 is 0 Å². The number of methoxy groups -OCH3 is 1. The highest BCUT2D eigenvalue weighted by Gasteiger charge is 2.02. The lowest BCUT2D eigenvalue weighted by Gasteiger charge is -1.97. The average Bonchev–Trinajstić information content (AvgIpc) is 2.42. The first-order chi connectivity index (χ1) is 8.65. The Morgan fingerprint density at radius 2 is 1.61 bits per heavy atom. The molecule has 18 heavy (non-hydrogen) atoms. The molecule has 0 aliphatic carbocycles. The molecule has 0 heterocycles. The quantitative estimate of drug-likeness (QED) is 0.441. The highest BCUT2D eigenvalue weighted by atomic mass is 79.9. The van der Waals surface area contributed by atoms with Gasteiger partial charge < -0.3 is 4.74 Å². The third kappa shape index (κ3) is 11.1. The van der Waals surface area contributed by atoms with Crippen LogP contribution in [0.15, 0.2) is 29.2 Å². The molecule has 1 rings (SSSR count). The van der Waals surface area contributed by atoms with Crippen LogP contribution in [0.25, 0.3) is 0 Å². The second-order valence-corrected chi connectivity index (χ2v) is 4.87. The number of benzene rings is 1. The molecular formula is C13H20Br2O2S. The third-order valence-corrected chi connectivity index (χ3v) is 2.98. The summed E-state index contributed by atoms with van der Waals surface area (Å²) in [6.07, 6.45) is 1.22. The largest absolute Gasteiger partial charge is 0.465 e. The number of ether oxygens (including phenoxy) is 1. The molecule has 1 aromatic carbocycles. The summed E-state index contributed by atoms with van der Waals surface area (Å²) in [5, 5.41) is 2.22. The molecule has 104 valence electrons. The van der Waals surface area contributed by atoms with E-state index in [0.717, 1.165) is 15.6 Å². The van der Waals surface area contributed by atoms with Gasteiger partial charge in [0.2, 0.25) is 0 Å². The first-order valence-electron chi connectivity index (χ1n) is 5.65. The summed E-state index contributed by atoms with van der Waals surface area (Å²) in [5.41, 5.74) is 0.547. The van der Waals surface area contributed by atoms with Crippen molar-refractivity contribution in [3.8, 4) is 0 Å². The summed E-state index contributed by atoms with van der Waals surface area (Å²) in [7, 11) is 1.36. The Hall–Kier alpha value is -0.0000000000000000555. The molecule has 0 fully saturated rings. The van der Waals surface area contributed by atoms with E-state index in [1.165, 1.54) is 13.5 Å². The first kappa shape index (κ1) is 20.3. The Bertz CT molecular complexity index is 300. The van der Waals surface area contributed by atoms with Gasteiger partial charge >= 0.3 is 5.97 Å². The average molecular weight is 400 g/mol. The van der Waals surface area contributed by atoms with Gasteiger partial charge in [0, 0.05) is 15.6 Å². The Balaban J connectivity index is 0. The van der Waals surface area contributed by atoms with Crippen LogP contribution in [0, 0.1) is 0 Å². The van der Waals surface area contributed by atoms with Gasteiger partial charge in [-0.25, -0.2) is 4.79 Å². The fourth-order valence-corrected chi connectivity index (χ4v) is 2.23. The van der Waals surface area contributed by atoms with Crippen molar-refractivity contribution in [1.82, 2.24) is 0 Å². The van der Waals surface area contributed by atoms with E-state index < -0.39 is 0 Å². The minimum Gasteiger partial charge on any atom is -0.465 e. The van der Waals surface area contributed by atoms with Gasteiger partial charge in [0.1, 0.15) is 0 Å². The van der Waals surface area contributed by atoms with Gasteiger partial charge in [-0.05, 0) is 30.7 Å². The van der Waals surface area contributed by atoms with Gasteiger partial charge in [-0.3, -0.25) is 0 Å². The number of alkyl halides is 2. The zero-order valence-corrected chi connectivity index (χ0v) is 15.0. The molecule has 0 saturated heterocycles. The van der Waals surface area contributed by atoms with Gasteiger partial charge in [-0.15, -0.1) is 12.6 Å². The number of esters is 1. The molecule has 0 aliphatic rings. The fraction of sp³-hybridized carbons (Fsp3) is 0.462. The van der Waals surface area contributed by atoms with E-state index in [2.05, 4.69) is 49.2 Å². The Morgan fingerprint density at radius 1 is 1.17 bits per heavy atom. The van der Waals surface area contributed by atoms with Crippen molar-refractivity contribution in [2.75, 3.05) is 17.8 Å². The summed E-state index contributed by atoms with van der Waals surface area (Å²) in [5.74, 6) is -0.321.